The Hall–Kier alpha value is -3.04. The van der Waals surface area contributed by atoms with Crippen molar-refractivity contribution in [1.82, 2.24) is 5.32 Å². The van der Waals surface area contributed by atoms with Gasteiger partial charge in [-0.3, -0.25) is 4.99 Å². The molecule has 2 N–H and O–H groups in total. The highest BCUT2D eigenvalue weighted by Crippen LogP contribution is 2.17. The minimum absolute atomic E-state index is 0.610. The molecule has 0 bridgehead atoms. The first-order valence-corrected chi connectivity index (χ1v) is 8.43. The summed E-state index contributed by atoms with van der Waals surface area (Å²) in [5.74, 6) is 1.46. The fraction of sp³-hybridized carbons (Fsp3) is 0.300. The van der Waals surface area contributed by atoms with Crippen LogP contribution in [0.3, 0.4) is 0 Å². The zero-order valence-corrected chi connectivity index (χ0v) is 15.2. The Balaban J connectivity index is 1.87. The van der Waals surface area contributed by atoms with Crippen molar-refractivity contribution in [2.24, 2.45) is 4.99 Å². The van der Waals surface area contributed by atoms with E-state index in [2.05, 4.69) is 21.7 Å². The molecule has 0 aliphatic heterocycles. The average molecular weight is 352 g/mol. The van der Waals surface area contributed by atoms with Crippen LogP contribution in [0.4, 0.5) is 5.69 Å². The van der Waals surface area contributed by atoms with Gasteiger partial charge < -0.3 is 20.1 Å². The Morgan fingerprint density at radius 1 is 1.15 bits per heavy atom. The molecule has 0 fully saturated rings. The SMILES string of the molecule is CN=C(NCc1ccc(C#N)cc1)Nc1cccc(OCCCOC)c1. The lowest BCUT2D eigenvalue weighted by Crippen LogP contribution is -2.30. The van der Waals surface area contributed by atoms with Crippen molar-refractivity contribution < 1.29 is 9.47 Å². The number of methoxy groups -OCH3 is 1. The second-order valence-electron chi connectivity index (χ2n) is 5.58. The molecule has 0 saturated heterocycles. The molecule has 0 radical (unpaired) electrons. The third-order valence-corrected chi connectivity index (χ3v) is 3.62. The Morgan fingerprint density at radius 2 is 1.96 bits per heavy atom. The summed E-state index contributed by atoms with van der Waals surface area (Å²) in [7, 11) is 3.40. The van der Waals surface area contributed by atoms with Gasteiger partial charge in [0.15, 0.2) is 5.96 Å². The molecule has 2 rings (SSSR count). The molecule has 0 aliphatic rings. The molecule has 2 aromatic carbocycles. The lowest BCUT2D eigenvalue weighted by atomic mass is 10.1. The van der Waals surface area contributed by atoms with E-state index in [-0.39, 0.29) is 0 Å². The van der Waals surface area contributed by atoms with E-state index >= 15 is 0 Å². The van der Waals surface area contributed by atoms with E-state index in [4.69, 9.17) is 14.7 Å². The van der Waals surface area contributed by atoms with Crippen molar-refractivity contribution in [2.75, 3.05) is 32.7 Å². The fourth-order valence-electron chi connectivity index (χ4n) is 2.26. The van der Waals surface area contributed by atoms with Gasteiger partial charge in [-0.15, -0.1) is 0 Å². The molecule has 0 saturated carbocycles. The number of nitriles is 1. The second kappa shape index (κ2) is 10.7. The van der Waals surface area contributed by atoms with Crippen LogP contribution in [0.15, 0.2) is 53.5 Å². The molecule has 0 amide bonds. The van der Waals surface area contributed by atoms with Crippen LogP contribution in [0.5, 0.6) is 5.75 Å². The van der Waals surface area contributed by atoms with E-state index in [0.717, 1.165) is 23.4 Å². The molecule has 0 aliphatic carbocycles. The van der Waals surface area contributed by atoms with Crippen molar-refractivity contribution in [3.63, 3.8) is 0 Å². The van der Waals surface area contributed by atoms with Crippen LogP contribution >= 0.6 is 0 Å². The second-order valence-corrected chi connectivity index (χ2v) is 5.58. The minimum atomic E-state index is 0.610. The van der Waals surface area contributed by atoms with Crippen molar-refractivity contribution >= 4 is 11.6 Å². The fourth-order valence-corrected chi connectivity index (χ4v) is 2.26. The molecule has 0 spiro atoms. The van der Waals surface area contributed by atoms with Crippen molar-refractivity contribution in [3.05, 3.63) is 59.7 Å². The summed E-state index contributed by atoms with van der Waals surface area (Å²) in [5.41, 5.74) is 2.61. The monoisotopic (exact) mass is 352 g/mol. The maximum atomic E-state index is 8.84. The smallest absolute Gasteiger partial charge is 0.195 e. The number of benzene rings is 2. The van der Waals surface area contributed by atoms with Crippen LogP contribution in [0, 0.1) is 11.3 Å². The lowest BCUT2D eigenvalue weighted by molar-refractivity contribution is 0.172. The van der Waals surface area contributed by atoms with Gasteiger partial charge in [0.25, 0.3) is 0 Å². The van der Waals surface area contributed by atoms with Gasteiger partial charge in [0.1, 0.15) is 5.75 Å². The van der Waals surface area contributed by atoms with Crippen LogP contribution in [-0.4, -0.2) is 33.3 Å². The number of anilines is 1. The zero-order valence-electron chi connectivity index (χ0n) is 15.2. The van der Waals surface area contributed by atoms with Crippen LogP contribution in [0.2, 0.25) is 0 Å². The van der Waals surface area contributed by atoms with Crippen LogP contribution in [-0.2, 0) is 11.3 Å². The highest BCUT2D eigenvalue weighted by atomic mass is 16.5. The Labute approximate surface area is 154 Å². The summed E-state index contributed by atoms with van der Waals surface area (Å²) in [6.45, 7) is 1.91. The molecular weight excluding hydrogens is 328 g/mol. The molecular formula is C20H24N4O2. The number of hydrogen-bond acceptors (Lipinski definition) is 4. The van der Waals surface area contributed by atoms with Crippen molar-refractivity contribution in [2.45, 2.75) is 13.0 Å². The van der Waals surface area contributed by atoms with Crippen molar-refractivity contribution in [3.8, 4) is 11.8 Å². The number of hydrogen-bond donors (Lipinski definition) is 2. The van der Waals surface area contributed by atoms with Gasteiger partial charge in [0.05, 0.1) is 18.2 Å². The number of rotatable bonds is 8. The van der Waals surface area contributed by atoms with E-state index in [1.54, 1.807) is 26.3 Å². The van der Waals surface area contributed by atoms with Gasteiger partial charge in [-0.25, -0.2) is 0 Å². The first-order chi connectivity index (χ1) is 12.7. The van der Waals surface area contributed by atoms with Crippen LogP contribution in [0.25, 0.3) is 0 Å². The standard InChI is InChI=1S/C20H24N4O2/c1-22-20(23-15-17-9-7-16(14-21)8-10-17)24-18-5-3-6-19(13-18)26-12-4-11-25-2/h3,5-10,13H,4,11-12,15H2,1-2H3,(H2,22,23,24). The zero-order chi connectivity index (χ0) is 18.6. The molecule has 2 aromatic rings. The van der Waals surface area contributed by atoms with E-state index < -0.39 is 0 Å². The Morgan fingerprint density at radius 3 is 2.65 bits per heavy atom. The van der Waals surface area contributed by atoms with E-state index in [1.165, 1.54) is 0 Å². The normalized spacial score (nSPS) is 10.9. The van der Waals surface area contributed by atoms with Gasteiger partial charge in [-0.1, -0.05) is 18.2 Å². The number of ether oxygens (including phenoxy) is 2. The number of nitrogens with zero attached hydrogens (tertiary/aromatic N) is 2. The molecule has 26 heavy (non-hydrogen) atoms. The van der Waals surface area contributed by atoms with E-state index in [9.17, 15) is 0 Å². The topological polar surface area (TPSA) is 78.7 Å². The van der Waals surface area contributed by atoms with Gasteiger partial charge in [0, 0.05) is 45.5 Å². The number of aliphatic imine (C=N–C) groups is 1. The molecule has 6 heteroatoms. The number of guanidine groups is 1. The first kappa shape index (κ1) is 19.3. The summed E-state index contributed by atoms with van der Waals surface area (Å²) in [6.07, 6.45) is 0.849. The predicted octanol–water partition coefficient (Wildman–Crippen LogP) is 3.16. The molecule has 0 aromatic heterocycles. The third-order valence-electron chi connectivity index (χ3n) is 3.62. The molecule has 0 heterocycles. The van der Waals surface area contributed by atoms with E-state index in [0.29, 0.717) is 31.3 Å². The molecule has 0 atom stereocenters. The van der Waals surface area contributed by atoms with Gasteiger partial charge >= 0.3 is 0 Å². The van der Waals surface area contributed by atoms with Crippen LogP contribution in [0.1, 0.15) is 17.5 Å². The minimum Gasteiger partial charge on any atom is -0.493 e. The maximum absolute atomic E-state index is 8.84. The summed E-state index contributed by atoms with van der Waals surface area (Å²) in [4.78, 5) is 4.23. The molecule has 136 valence electrons. The van der Waals surface area contributed by atoms with Gasteiger partial charge in [0.2, 0.25) is 0 Å². The highest BCUT2D eigenvalue weighted by molar-refractivity contribution is 5.93. The number of nitrogens with one attached hydrogen (secondary N) is 2. The highest BCUT2D eigenvalue weighted by Gasteiger charge is 2.02. The Kier molecular flexibility index (Phi) is 7.97. The van der Waals surface area contributed by atoms with E-state index in [1.807, 2.05) is 36.4 Å². The predicted molar refractivity (Wildman–Crippen MR) is 103 cm³/mol. The summed E-state index contributed by atoms with van der Waals surface area (Å²) >= 11 is 0. The summed E-state index contributed by atoms with van der Waals surface area (Å²) < 4.78 is 10.7. The first-order valence-electron chi connectivity index (χ1n) is 8.43. The third kappa shape index (κ3) is 6.46. The van der Waals surface area contributed by atoms with Crippen molar-refractivity contribution in [1.29, 1.82) is 5.26 Å². The van der Waals surface area contributed by atoms with Gasteiger partial charge in [-0.05, 0) is 29.8 Å². The maximum Gasteiger partial charge on any atom is 0.195 e. The molecule has 0 unspecified atom stereocenters. The quantitative estimate of drug-likeness (QED) is 0.433. The average Bonchev–Trinajstić information content (AvgIpc) is 2.69. The summed E-state index contributed by atoms with van der Waals surface area (Å²) in [6, 6.07) is 17.3. The van der Waals surface area contributed by atoms with Gasteiger partial charge in [-0.2, -0.15) is 5.26 Å². The van der Waals surface area contributed by atoms with Crippen LogP contribution < -0.4 is 15.4 Å². The lowest BCUT2D eigenvalue weighted by Gasteiger charge is -2.13. The molecule has 6 nitrogen and oxygen atoms in total. The largest absolute Gasteiger partial charge is 0.493 e. The Bertz CT molecular complexity index is 751. The summed E-state index contributed by atoms with van der Waals surface area (Å²) in [5, 5.41) is 15.3.